The van der Waals surface area contributed by atoms with Gasteiger partial charge in [0.1, 0.15) is 4.90 Å². The van der Waals surface area contributed by atoms with Gasteiger partial charge < -0.3 is 10.8 Å². The molecule has 0 aliphatic heterocycles. The summed E-state index contributed by atoms with van der Waals surface area (Å²) >= 11 is 8.67. The number of hydrogen-bond acceptors (Lipinski definition) is 4. The summed E-state index contributed by atoms with van der Waals surface area (Å²) in [6.07, 6.45) is -0.897. The number of rotatable bonds is 4. The molecule has 0 fully saturated rings. The number of sulfonamides is 1. The lowest BCUT2D eigenvalue weighted by atomic mass is 10.3. The van der Waals surface area contributed by atoms with E-state index in [0.29, 0.717) is 0 Å². The van der Waals surface area contributed by atoms with E-state index in [0.717, 1.165) is 6.07 Å². The molecule has 1 rings (SSSR count). The maximum atomic E-state index is 13.8. The van der Waals surface area contributed by atoms with Gasteiger partial charge in [-0.15, -0.1) is 0 Å². The molecule has 1 aromatic carbocycles. The maximum absolute atomic E-state index is 13.8. The molecule has 0 aliphatic rings. The van der Waals surface area contributed by atoms with Crippen molar-refractivity contribution < 1.29 is 17.9 Å². The zero-order chi connectivity index (χ0) is 14.1. The molecule has 1 atom stereocenters. The molecule has 102 valence electrons. The number of nitrogens with one attached hydrogen (secondary N) is 1. The Kier molecular flexibility index (Phi) is 4.96. The van der Waals surface area contributed by atoms with Gasteiger partial charge in [0.15, 0.2) is 5.82 Å². The van der Waals surface area contributed by atoms with Gasteiger partial charge in [-0.1, -0.05) is 11.6 Å². The molecule has 0 unspecified atom stereocenters. The molecule has 0 amide bonds. The Bertz CT molecular complexity index is 565. The minimum Gasteiger partial charge on any atom is -0.395 e. The molecule has 5 nitrogen and oxygen atoms in total. The van der Waals surface area contributed by atoms with E-state index in [-0.39, 0.29) is 21.7 Å². The van der Waals surface area contributed by atoms with Gasteiger partial charge in [-0.3, -0.25) is 0 Å². The van der Waals surface area contributed by atoms with Gasteiger partial charge in [-0.2, -0.15) is 0 Å². The highest BCUT2D eigenvalue weighted by molar-refractivity contribution is 9.10. The van der Waals surface area contributed by atoms with Crippen LogP contribution in [0.15, 0.2) is 15.4 Å². The Balaban J connectivity index is 3.25. The summed E-state index contributed by atoms with van der Waals surface area (Å²) in [6, 6.07) is 0.946. The number of nitrogen functional groups attached to an aromatic ring is 1. The minimum absolute atomic E-state index is 0.0219. The predicted molar refractivity (Wildman–Crippen MR) is 70.4 cm³/mol. The highest BCUT2D eigenvalue weighted by Crippen LogP contribution is 2.34. The van der Waals surface area contributed by atoms with Crippen molar-refractivity contribution in [3.63, 3.8) is 0 Å². The Hall–Kier alpha value is -0.410. The van der Waals surface area contributed by atoms with Gasteiger partial charge in [-0.25, -0.2) is 17.5 Å². The Morgan fingerprint density at radius 2 is 2.22 bits per heavy atom. The van der Waals surface area contributed by atoms with Crippen LogP contribution in [0.5, 0.6) is 0 Å². The van der Waals surface area contributed by atoms with Gasteiger partial charge >= 0.3 is 0 Å². The average molecular weight is 362 g/mol. The van der Waals surface area contributed by atoms with Crippen LogP contribution in [0, 0.1) is 5.82 Å². The second-order valence-electron chi connectivity index (χ2n) is 3.60. The predicted octanol–water partition coefficient (Wildman–Crippen LogP) is 1.48. The molecule has 0 spiro atoms. The monoisotopic (exact) mass is 360 g/mol. The molecule has 9 heteroatoms. The molecular formula is C9H11BrClFN2O3S. The van der Waals surface area contributed by atoms with E-state index in [2.05, 4.69) is 15.9 Å². The van der Waals surface area contributed by atoms with Crippen molar-refractivity contribution in [1.82, 2.24) is 4.72 Å². The third kappa shape index (κ3) is 3.33. The van der Waals surface area contributed by atoms with Crippen molar-refractivity contribution in [2.75, 3.05) is 12.3 Å². The highest BCUT2D eigenvalue weighted by atomic mass is 79.9. The van der Waals surface area contributed by atoms with Crippen molar-refractivity contribution in [3.8, 4) is 0 Å². The fourth-order valence-electron chi connectivity index (χ4n) is 1.10. The normalized spacial score (nSPS) is 13.6. The fourth-order valence-corrected chi connectivity index (χ4v) is 2.90. The van der Waals surface area contributed by atoms with Gasteiger partial charge in [0, 0.05) is 6.54 Å². The third-order valence-electron chi connectivity index (χ3n) is 2.02. The molecule has 0 heterocycles. The van der Waals surface area contributed by atoms with Gasteiger partial charge in [0.25, 0.3) is 0 Å². The lowest BCUT2D eigenvalue weighted by Gasteiger charge is -2.12. The summed E-state index contributed by atoms with van der Waals surface area (Å²) in [5.41, 5.74) is 5.00. The van der Waals surface area contributed by atoms with Gasteiger partial charge in [0.05, 0.1) is 21.3 Å². The van der Waals surface area contributed by atoms with E-state index in [1.807, 2.05) is 4.72 Å². The number of halogens is 3. The van der Waals surface area contributed by atoms with Gasteiger partial charge in [0.2, 0.25) is 10.0 Å². The Labute approximate surface area is 117 Å². The maximum Gasteiger partial charge on any atom is 0.243 e. The minimum atomic E-state index is -4.12. The Morgan fingerprint density at radius 1 is 1.67 bits per heavy atom. The van der Waals surface area contributed by atoms with E-state index >= 15 is 0 Å². The van der Waals surface area contributed by atoms with E-state index in [9.17, 15) is 12.8 Å². The molecule has 0 saturated heterocycles. The summed E-state index contributed by atoms with van der Waals surface area (Å²) in [6.45, 7) is 1.15. The van der Waals surface area contributed by atoms with Crippen LogP contribution >= 0.6 is 27.5 Å². The lowest BCUT2D eigenvalue weighted by Crippen LogP contribution is -2.31. The number of nitrogens with two attached hydrogens (primary N) is 1. The third-order valence-corrected chi connectivity index (χ3v) is 4.82. The standard InChI is InChI=1S/C9H11BrClFN2O3S/c1-4(15)3-14-18(16,17)6-2-5(11)7(10)9(13)8(6)12/h2,4,14-15H,3,13H2,1H3/t4-/m0/s1. The lowest BCUT2D eigenvalue weighted by molar-refractivity contribution is 0.198. The van der Waals surface area contributed by atoms with Crippen LogP contribution in [0.2, 0.25) is 5.02 Å². The van der Waals surface area contributed by atoms with E-state index in [4.69, 9.17) is 22.4 Å². The highest BCUT2D eigenvalue weighted by Gasteiger charge is 2.24. The first kappa shape index (κ1) is 15.6. The largest absolute Gasteiger partial charge is 0.395 e. The number of hydrogen-bond donors (Lipinski definition) is 3. The first-order valence-electron chi connectivity index (χ1n) is 4.77. The molecule has 0 radical (unpaired) electrons. The van der Waals surface area contributed by atoms with Crippen molar-refractivity contribution >= 4 is 43.2 Å². The summed E-state index contributed by atoms with van der Waals surface area (Å²) in [5.74, 6) is -1.09. The fraction of sp³-hybridized carbons (Fsp3) is 0.333. The van der Waals surface area contributed by atoms with Gasteiger partial charge in [-0.05, 0) is 28.9 Å². The molecule has 1 aromatic rings. The second kappa shape index (κ2) is 5.70. The van der Waals surface area contributed by atoms with Crippen molar-refractivity contribution in [3.05, 3.63) is 21.4 Å². The zero-order valence-corrected chi connectivity index (χ0v) is 12.4. The number of benzene rings is 1. The second-order valence-corrected chi connectivity index (χ2v) is 6.53. The van der Waals surface area contributed by atoms with Crippen LogP contribution in [0.3, 0.4) is 0 Å². The zero-order valence-electron chi connectivity index (χ0n) is 9.25. The van der Waals surface area contributed by atoms with Crippen LogP contribution < -0.4 is 10.5 Å². The summed E-state index contributed by atoms with van der Waals surface area (Å²) < 4.78 is 39.5. The molecular weight excluding hydrogens is 351 g/mol. The van der Waals surface area contributed by atoms with E-state index in [1.165, 1.54) is 6.92 Å². The van der Waals surface area contributed by atoms with E-state index < -0.39 is 26.8 Å². The summed E-state index contributed by atoms with van der Waals surface area (Å²) in [5, 5.41) is 8.98. The van der Waals surface area contributed by atoms with Crippen molar-refractivity contribution in [2.45, 2.75) is 17.9 Å². The average Bonchev–Trinajstić information content (AvgIpc) is 2.28. The van der Waals surface area contributed by atoms with Crippen LogP contribution in [0.4, 0.5) is 10.1 Å². The SMILES string of the molecule is C[C@H](O)CNS(=O)(=O)c1cc(Cl)c(Br)c(N)c1F. The first-order valence-corrected chi connectivity index (χ1v) is 7.43. The topological polar surface area (TPSA) is 92.4 Å². The summed E-state index contributed by atoms with van der Waals surface area (Å²) in [7, 11) is -4.12. The Morgan fingerprint density at radius 3 is 2.72 bits per heavy atom. The smallest absolute Gasteiger partial charge is 0.243 e. The van der Waals surface area contributed by atoms with Crippen LogP contribution in [0.25, 0.3) is 0 Å². The molecule has 0 saturated carbocycles. The molecule has 0 aromatic heterocycles. The number of aliphatic hydroxyl groups excluding tert-OH is 1. The number of aliphatic hydroxyl groups is 1. The molecule has 0 bridgehead atoms. The van der Waals surface area contributed by atoms with Crippen LogP contribution in [-0.2, 0) is 10.0 Å². The van der Waals surface area contributed by atoms with E-state index in [1.54, 1.807) is 0 Å². The van der Waals surface area contributed by atoms with Crippen molar-refractivity contribution in [1.29, 1.82) is 0 Å². The summed E-state index contributed by atoms with van der Waals surface area (Å²) in [4.78, 5) is -0.658. The van der Waals surface area contributed by atoms with Crippen LogP contribution in [0.1, 0.15) is 6.92 Å². The molecule has 18 heavy (non-hydrogen) atoms. The molecule has 0 aliphatic carbocycles. The number of anilines is 1. The quantitative estimate of drug-likeness (QED) is 0.559. The first-order chi connectivity index (χ1) is 8.16. The van der Waals surface area contributed by atoms with Crippen molar-refractivity contribution in [2.24, 2.45) is 0 Å². The molecule has 4 N–H and O–H groups in total. The van der Waals surface area contributed by atoms with Crippen LogP contribution in [-0.4, -0.2) is 26.2 Å².